The maximum atomic E-state index is 12.4. The number of aromatic amines is 1. The molecule has 0 unspecified atom stereocenters. The Morgan fingerprint density at radius 1 is 1.13 bits per heavy atom. The molecule has 2 N–H and O–H groups in total. The van der Waals surface area contributed by atoms with E-state index in [1.165, 1.54) is 7.11 Å². The number of H-pyrrole nitrogens is 1. The number of ether oxygens (including phenoxy) is 1. The number of hydrogen-bond donors (Lipinski definition) is 2. The average Bonchev–Trinajstić information content (AvgIpc) is 2.94. The monoisotopic (exact) mass is 310 g/mol. The van der Waals surface area contributed by atoms with Gasteiger partial charge in [0.2, 0.25) is 0 Å². The molecular formula is C16H14N4O3. The minimum atomic E-state index is -0.544. The van der Waals surface area contributed by atoms with Gasteiger partial charge >= 0.3 is 5.97 Å². The number of esters is 1. The second kappa shape index (κ2) is 5.88. The first kappa shape index (κ1) is 14.7. The smallest absolute Gasteiger partial charge is 0.356 e. The highest BCUT2D eigenvalue weighted by atomic mass is 16.5. The van der Waals surface area contributed by atoms with Gasteiger partial charge in [0.15, 0.2) is 0 Å². The van der Waals surface area contributed by atoms with Crippen LogP contribution in [0.15, 0.2) is 36.7 Å². The van der Waals surface area contributed by atoms with Crippen LogP contribution in [-0.2, 0) is 4.74 Å². The van der Waals surface area contributed by atoms with Crippen LogP contribution in [-0.4, -0.2) is 33.9 Å². The maximum absolute atomic E-state index is 12.4. The average molecular weight is 310 g/mol. The minimum absolute atomic E-state index is 0.207. The fraction of sp³-hybridized carbons (Fsp3) is 0.125. The van der Waals surface area contributed by atoms with Crippen LogP contribution in [0.1, 0.15) is 26.5 Å². The van der Waals surface area contributed by atoms with E-state index in [2.05, 4.69) is 20.3 Å². The SMILES string of the molecule is COC(=O)c1[nH]c(C)cc1NC(=O)c1ccc2nccnc2c1. The first-order valence-electron chi connectivity index (χ1n) is 6.88. The summed E-state index contributed by atoms with van der Waals surface area (Å²) in [6, 6.07) is 6.70. The Labute approximate surface area is 131 Å². The van der Waals surface area contributed by atoms with Crippen molar-refractivity contribution in [1.29, 1.82) is 0 Å². The summed E-state index contributed by atoms with van der Waals surface area (Å²) in [5, 5.41) is 2.71. The zero-order valence-corrected chi connectivity index (χ0v) is 12.6. The van der Waals surface area contributed by atoms with E-state index in [0.717, 1.165) is 5.69 Å². The Morgan fingerprint density at radius 3 is 2.61 bits per heavy atom. The van der Waals surface area contributed by atoms with Crippen molar-refractivity contribution < 1.29 is 14.3 Å². The molecule has 0 radical (unpaired) electrons. The van der Waals surface area contributed by atoms with Crippen LogP contribution in [0.4, 0.5) is 5.69 Å². The number of rotatable bonds is 3. The number of aromatic nitrogens is 3. The highest BCUT2D eigenvalue weighted by molar-refractivity contribution is 6.08. The molecule has 3 rings (SSSR count). The molecule has 0 saturated carbocycles. The fourth-order valence-electron chi connectivity index (χ4n) is 2.25. The van der Waals surface area contributed by atoms with Crippen LogP contribution in [0.3, 0.4) is 0 Å². The number of nitrogens with one attached hydrogen (secondary N) is 2. The highest BCUT2D eigenvalue weighted by Crippen LogP contribution is 2.19. The second-order valence-electron chi connectivity index (χ2n) is 4.95. The molecule has 0 saturated heterocycles. The molecule has 0 aliphatic carbocycles. The van der Waals surface area contributed by atoms with E-state index in [9.17, 15) is 9.59 Å². The van der Waals surface area contributed by atoms with Gasteiger partial charge < -0.3 is 15.0 Å². The number of hydrogen-bond acceptors (Lipinski definition) is 5. The van der Waals surface area contributed by atoms with E-state index >= 15 is 0 Å². The van der Waals surface area contributed by atoms with Crippen LogP contribution in [0, 0.1) is 6.92 Å². The third-order valence-corrected chi connectivity index (χ3v) is 3.32. The normalized spacial score (nSPS) is 10.5. The van der Waals surface area contributed by atoms with Gasteiger partial charge in [-0.3, -0.25) is 14.8 Å². The van der Waals surface area contributed by atoms with Gasteiger partial charge in [-0.15, -0.1) is 0 Å². The van der Waals surface area contributed by atoms with Crippen LogP contribution in [0.2, 0.25) is 0 Å². The van der Waals surface area contributed by atoms with Gasteiger partial charge in [-0.2, -0.15) is 0 Å². The zero-order chi connectivity index (χ0) is 16.4. The van der Waals surface area contributed by atoms with Crippen molar-refractivity contribution in [3.05, 3.63) is 53.6 Å². The number of fused-ring (bicyclic) bond motifs is 1. The summed E-state index contributed by atoms with van der Waals surface area (Å²) in [4.78, 5) is 35.3. The van der Waals surface area contributed by atoms with Gasteiger partial charge in [-0.25, -0.2) is 4.79 Å². The van der Waals surface area contributed by atoms with Crippen molar-refractivity contribution in [2.24, 2.45) is 0 Å². The predicted octanol–water partition coefficient (Wildman–Crippen LogP) is 2.31. The first-order chi connectivity index (χ1) is 11.1. The molecule has 116 valence electrons. The molecule has 2 heterocycles. The number of methoxy groups -OCH3 is 1. The van der Waals surface area contributed by atoms with Crippen LogP contribution in [0.25, 0.3) is 11.0 Å². The molecule has 1 aromatic carbocycles. The zero-order valence-electron chi connectivity index (χ0n) is 12.6. The van der Waals surface area contributed by atoms with Gasteiger partial charge in [0.1, 0.15) is 5.69 Å². The second-order valence-corrected chi connectivity index (χ2v) is 4.95. The van der Waals surface area contributed by atoms with E-state index in [1.54, 1.807) is 43.6 Å². The van der Waals surface area contributed by atoms with Crippen LogP contribution < -0.4 is 5.32 Å². The van der Waals surface area contributed by atoms with Crippen molar-refractivity contribution >= 4 is 28.6 Å². The minimum Gasteiger partial charge on any atom is -0.464 e. The number of anilines is 1. The lowest BCUT2D eigenvalue weighted by molar-refractivity contribution is 0.0596. The third kappa shape index (κ3) is 2.89. The number of nitrogens with zero attached hydrogens (tertiary/aromatic N) is 2. The Morgan fingerprint density at radius 2 is 1.87 bits per heavy atom. The van der Waals surface area contributed by atoms with Gasteiger partial charge in [-0.05, 0) is 31.2 Å². The lowest BCUT2D eigenvalue weighted by atomic mass is 10.1. The lowest BCUT2D eigenvalue weighted by Gasteiger charge is -2.06. The van der Waals surface area contributed by atoms with E-state index in [0.29, 0.717) is 22.3 Å². The van der Waals surface area contributed by atoms with E-state index in [4.69, 9.17) is 4.74 Å². The Balaban J connectivity index is 1.90. The number of benzene rings is 1. The quantitative estimate of drug-likeness (QED) is 0.723. The summed E-state index contributed by atoms with van der Waals surface area (Å²) >= 11 is 0. The fourth-order valence-corrected chi connectivity index (χ4v) is 2.25. The maximum Gasteiger partial charge on any atom is 0.356 e. The summed E-state index contributed by atoms with van der Waals surface area (Å²) in [6.07, 6.45) is 3.15. The largest absolute Gasteiger partial charge is 0.464 e. The Bertz CT molecular complexity index is 901. The molecule has 2 aromatic heterocycles. The summed E-state index contributed by atoms with van der Waals surface area (Å²) in [6.45, 7) is 1.79. The van der Waals surface area contributed by atoms with E-state index in [-0.39, 0.29) is 11.6 Å². The van der Waals surface area contributed by atoms with Crippen molar-refractivity contribution in [3.8, 4) is 0 Å². The van der Waals surface area contributed by atoms with Crippen molar-refractivity contribution in [3.63, 3.8) is 0 Å². The molecule has 0 fully saturated rings. The van der Waals surface area contributed by atoms with Gasteiger partial charge in [0.25, 0.3) is 5.91 Å². The van der Waals surface area contributed by atoms with Crippen LogP contribution in [0.5, 0.6) is 0 Å². The first-order valence-corrected chi connectivity index (χ1v) is 6.88. The molecule has 0 bridgehead atoms. The van der Waals surface area contributed by atoms with E-state index < -0.39 is 5.97 Å². The summed E-state index contributed by atoms with van der Waals surface area (Å²) < 4.78 is 4.70. The van der Waals surface area contributed by atoms with Crippen molar-refractivity contribution in [1.82, 2.24) is 15.0 Å². The molecule has 7 heteroatoms. The standard InChI is InChI=1S/C16H14N4O3/c1-9-7-13(14(19-9)16(22)23-2)20-15(21)10-3-4-11-12(8-10)18-6-5-17-11/h3-8,19H,1-2H3,(H,20,21). The number of aryl methyl sites for hydroxylation is 1. The van der Waals surface area contributed by atoms with Crippen molar-refractivity contribution in [2.45, 2.75) is 6.92 Å². The number of carbonyl (C=O) groups is 2. The Kier molecular flexibility index (Phi) is 3.76. The highest BCUT2D eigenvalue weighted by Gasteiger charge is 2.17. The molecule has 0 aliphatic heterocycles. The summed E-state index contributed by atoms with van der Waals surface area (Å²) in [5.41, 5.74) is 3.07. The lowest BCUT2D eigenvalue weighted by Crippen LogP contribution is -2.14. The number of carbonyl (C=O) groups excluding carboxylic acids is 2. The molecule has 0 atom stereocenters. The Hall–Kier alpha value is -3.22. The van der Waals surface area contributed by atoms with E-state index in [1.807, 2.05) is 0 Å². The predicted molar refractivity (Wildman–Crippen MR) is 84.4 cm³/mol. The number of amides is 1. The molecule has 1 amide bonds. The molecule has 3 aromatic rings. The molecular weight excluding hydrogens is 296 g/mol. The third-order valence-electron chi connectivity index (χ3n) is 3.32. The molecule has 23 heavy (non-hydrogen) atoms. The topological polar surface area (TPSA) is 97.0 Å². The molecule has 7 nitrogen and oxygen atoms in total. The molecule has 0 spiro atoms. The van der Waals surface area contributed by atoms with Gasteiger partial charge in [0.05, 0.1) is 23.8 Å². The van der Waals surface area contributed by atoms with Gasteiger partial charge in [-0.1, -0.05) is 0 Å². The molecule has 0 aliphatic rings. The summed E-state index contributed by atoms with van der Waals surface area (Å²) in [7, 11) is 1.28. The van der Waals surface area contributed by atoms with Crippen molar-refractivity contribution in [2.75, 3.05) is 12.4 Å². The summed E-state index contributed by atoms with van der Waals surface area (Å²) in [5.74, 6) is -0.889. The van der Waals surface area contributed by atoms with Crippen LogP contribution >= 0.6 is 0 Å². The van der Waals surface area contributed by atoms with Gasteiger partial charge in [0, 0.05) is 23.7 Å².